The van der Waals surface area contributed by atoms with Crippen molar-refractivity contribution in [3.05, 3.63) is 22.8 Å². The normalized spacial score (nSPS) is 21.0. The molecule has 0 unspecified atom stereocenters. The molecule has 5 nitrogen and oxygen atoms in total. The van der Waals surface area contributed by atoms with Crippen LogP contribution in [0.3, 0.4) is 0 Å². The maximum Gasteiger partial charge on any atom is 0.239 e. The van der Waals surface area contributed by atoms with Gasteiger partial charge in [0.25, 0.3) is 0 Å². The van der Waals surface area contributed by atoms with Crippen LogP contribution in [-0.2, 0) is 4.79 Å². The van der Waals surface area contributed by atoms with E-state index in [2.05, 4.69) is 31.1 Å². The van der Waals surface area contributed by atoms with Crippen LogP contribution in [0.15, 0.2) is 22.8 Å². The monoisotopic (exact) mass is 410 g/mol. The molecule has 3 heterocycles. The second kappa shape index (κ2) is 8.91. The zero-order chi connectivity index (χ0) is 13.9. The number of amides is 1. The third-order valence-electron chi connectivity index (χ3n) is 3.99. The molecule has 1 atom stereocenters. The van der Waals surface area contributed by atoms with Crippen molar-refractivity contribution in [1.29, 1.82) is 0 Å². The Kier molecular flexibility index (Phi) is 7.89. The van der Waals surface area contributed by atoms with Gasteiger partial charge in [-0.2, -0.15) is 0 Å². The Morgan fingerprint density at radius 3 is 2.50 bits per heavy atom. The van der Waals surface area contributed by atoms with Crippen LogP contribution in [-0.4, -0.2) is 54.6 Å². The predicted octanol–water partition coefficient (Wildman–Crippen LogP) is 2.09. The highest BCUT2D eigenvalue weighted by Crippen LogP contribution is 2.17. The lowest BCUT2D eigenvalue weighted by Crippen LogP contribution is -2.53. The Morgan fingerprint density at radius 1 is 1.23 bits per heavy atom. The number of hydrogen-bond acceptors (Lipinski definition) is 4. The minimum absolute atomic E-state index is 0. The Balaban J connectivity index is 0.00000121. The molecule has 0 aromatic carbocycles. The van der Waals surface area contributed by atoms with E-state index in [0.717, 1.165) is 55.9 Å². The van der Waals surface area contributed by atoms with Gasteiger partial charge in [0.15, 0.2) is 0 Å². The number of pyridine rings is 1. The number of halogens is 3. The van der Waals surface area contributed by atoms with Gasteiger partial charge in [0, 0.05) is 36.8 Å². The summed E-state index contributed by atoms with van der Waals surface area (Å²) < 4.78 is 0.988. The van der Waals surface area contributed by atoms with E-state index in [-0.39, 0.29) is 36.8 Å². The molecule has 1 amide bonds. The molecule has 0 aliphatic carbocycles. The van der Waals surface area contributed by atoms with E-state index in [4.69, 9.17) is 0 Å². The zero-order valence-electron chi connectivity index (χ0n) is 12.2. The van der Waals surface area contributed by atoms with Gasteiger partial charge in [0.05, 0.1) is 6.04 Å². The quantitative estimate of drug-likeness (QED) is 0.809. The average molecular weight is 412 g/mol. The fourth-order valence-electron chi connectivity index (χ4n) is 2.83. The highest BCUT2D eigenvalue weighted by atomic mass is 79.9. The first-order valence-electron chi connectivity index (χ1n) is 7.13. The van der Waals surface area contributed by atoms with E-state index < -0.39 is 0 Å². The smallest absolute Gasteiger partial charge is 0.239 e. The molecule has 3 rings (SSSR count). The molecule has 8 heteroatoms. The molecule has 2 saturated heterocycles. The minimum atomic E-state index is 0. The molecule has 1 aromatic rings. The third kappa shape index (κ3) is 4.47. The molecule has 0 spiro atoms. The summed E-state index contributed by atoms with van der Waals surface area (Å²) in [4.78, 5) is 20.9. The number of carbonyl (C=O) groups excluding carboxylic acids is 1. The first-order valence-corrected chi connectivity index (χ1v) is 7.92. The molecule has 0 saturated carbocycles. The van der Waals surface area contributed by atoms with Crippen LogP contribution >= 0.6 is 40.7 Å². The van der Waals surface area contributed by atoms with Gasteiger partial charge in [-0.05, 0) is 47.4 Å². The van der Waals surface area contributed by atoms with Crippen molar-refractivity contribution in [2.45, 2.75) is 18.9 Å². The molecule has 1 N–H and O–H groups in total. The largest absolute Gasteiger partial charge is 0.353 e. The van der Waals surface area contributed by atoms with E-state index in [1.54, 1.807) is 0 Å². The topological polar surface area (TPSA) is 48.5 Å². The van der Waals surface area contributed by atoms with Crippen molar-refractivity contribution in [2.75, 3.05) is 37.6 Å². The molecule has 0 radical (unpaired) electrons. The summed E-state index contributed by atoms with van der Waals surface area (Å²) in [5.41, 5.74) is 0. The molecule has 2 fully saturated rings. The van der Waals surface area contributed by atoms with E-state index in [1.807, 2.05) is 23.2 Å². The number of nitrogens with zero attached hydrogens (tertiary/aromatic N) is 3. The number of nitrogens with one attached hydrogen (secondary N) is 1. The van der Waals surface area contributed by atoms with Crippen LogP contribution in [0.25, 0.3) is 0 Å². The maximum atomic E-state index is 12.3. The summed E-state index contributed by atoms with van der Waals surface area (Å²) in [7, 11) is 0. The van der Waals surface area contributed by atoms with Crippen molar-refractivity contribution in [3.63, 3.8) is 0 Å². The van der Waals surface area contributed by atoms with Gasteiger partial charge in [0.1, 0.15) is 5.82 Å². The summed E-state index contributed by atoms with van der Waals surface area (Å²) in [5.74, 6) is 1.25. The molecule has 2 aliphatic rings. The van der Waals surface area contributed by atoms with E-state index in [9.17, 15) is 4.79 Å². The molecule has 1 aromatic heterocycles. The highest BCUT2D eigenvalue weighted by molar-refractivity contribution is 9.10. The van der Waals surface area contributed by atoms with Crippen LogP contribution in [0.5, 0.6) is 0 Å². The second-order valence-corrected chi connectivity index (χ2v) is 6.21. The summed E-state index contributed by atoms with van der Waals surface area (Å²) >= 11 is 3.39. The Bertz CT molecular complexity index is 474. The standard InChI is InChI=1S/C14H19BrN4O.2ClH/c15-11-3-4-13(17-10-11)18-6-8-19(9-7-18)14(20)12-2-1-5-16-12;;/h3-4,10,12,16H,1-2,5-9H2;2*1H/t12-;;/m0../s1. The lowest BCUT2D eigenvalue weighted by atomic mass is 10.2. The number of piperazine rings is 1. The summed E-state index contributed by atoms with van der Waals surface area (Å²) in [6, 6.07) is 4.06. The van der Waals surface area contributed by atoms with Crippen LogP contribution in [0.2, 0.25) is 0 Å². The number of carbonyl (C=O) groups is 1. The number of rotatable bonds is 2. The Morgan fingerprint density at radius 2 is 1.95 bits per heavy atom. The summed E-state index contributed by atoms with van der Waals surface area (Å²) in [5, 5.41) is 3.28. The maximum absolute atomic E-state index is 12.3. The van der Waals surface area contributed by atoms with Gasteiger partial charge >= 0.3 is 0 Å². The van der Waals surface area contributed by atoms with Gasteiger partial charge in [0.2, 0.25) is 5.91 Å². The van der Waals surface area contributed by atoms with Crippen LogP contribution in [0.4, 0.5) is 5.82 Å². The van der Waals surface area contributed by atoms with Crippen LogP contribution < -0.4 is 10.2 Å². The van der Waals surface area contributed by atoms with Gasteiger partial charge < -0.3 is 15.1 Å². The van der Waals surface area contributed by atoms with Gasteiger partial charge in [-0.1, -0.05) is 0 Å². The molecule has 124 valence electrons. The van der Waals surface area contributed by atoms with Gasteiger partial charge in [-0.15, -0.1) is 24.8 Å². The third-order valence-corrected chi connectivity index (χ3v) is 4.45. The number of hydrogen-bond donors (Lipinski definition) is 1. The summed E-state index contributed by atoms with van der Waals surface area (Å²) in [6.07, 6.45) is 3.90. The van der Waals surface area contributed by atoms with E-state index in [1.165, 1.54) is 0 Å². The SMILES string of the molecule is Cl.Cl.O=C([C@@H]1CCCN1)N1CCN(c2ccc(Br)cn2)CC1. The molecule has 2 aliphatic heterocycles. The second-order valence-electron chi connectivity index (χ2n) is 5.30. The first kappa shape index (κ1) is 19.5. The lowest BCUT2D eigenvalue weighted by Gasteiger charge is -2.36. The van der Waals surface area contributed by atoms with Gasteiger partial charge in [-0.25, -0.2) is 4.98 Å². The van der Waals surface area contributed by atoms with Gasteiger partial charge in [-0.3, -0.25) is 4.79 Å². The first-order chi connectivity index (χ1) is 9.74. The number of anilines is 1. The summed E-state index contributed by atoms with van der Waals surface area (Å²) in [6.45, 7) is 4.25. The lowest BCUT2D eigenvalue weighted by molar-refractivity contribution is -0.133. The van der Waals surface area contributed by atoms with Crippen molar-refractivity contribution in [2.24, 2.45) is 0 Å². The fourth-order valence-corrected chi connectivity index (χ4v) is 3.06. The molecular weight excluding hydrogens is 391 g/mol. The van der Waals surface area contributed by atoms with Crippen LogP contribution in [0.1, 0.15) is 12.8 Å². The molecule has 0 bridgehead atoms. The predicted molar refractivity (Wildman–Crippen MR) is 96.3 cm³/mol. The molecular formula is C14H21BrCl2N4O. The van der Waals surface area contributed by atoms with Crippen molar-refractivity contribution in [3.8, 4) is 0 Å². The fraction of sp³-hybridized carbons (Fsp3) is 0.571. The average Bonchev–Trinajstić information content (AvgIpc) is 3.02. The van der Waals surface area contributed by atoms with Crippen molar-refractivity contribution in [1.82, 2.24) is 15.2 Å². The number of aromatic nitrogens is 1. The Hall–Kier alpha value is -0.560. The highest BCUT2D eigenvalue weighted by Gasteiger charge is 2.29. The van der Waals surface area contributed by atoms with E-state index in [0.29, 0.717) is 0 Å². The van der Waals surface area contributed by atoms with Crippen LogP contribution in [0, 0.1) is 0 Å². The van der Waals surface area contributed by atoms with Crippen molar-refractivity contribution < 1.29 is 4.79 Å². The molecule has 22 heavy (non-hydrogen) atoms. The minimum Gasteiger partial charge on any atom is -0.353 e. The zero-order valence-corrected chi connectivity index (χ0v) is 15.4. The Labute approximate surface area is 151 Å². The van der Waals surface area contributed by atoms with Crippen molar-refractivity contribution >= 4 is 52.5 Å². The van der Waals surface area contributed by atoms with E-state index >= 15 is 0 Å².